The molecule has 0 bridgehead atoms. The summed E-state index contributed by atoms with van der Waals surface area (Å²) in [7, 11) is 1.71. The lowest BCUT2D eigenvalue weighted by Gasteiger charge is -2.11. The van der Waals surface area contributed by atoms with Gasteiger partial charge in [0.1, 0.15) is 0 Å². The van der Waals surface area contributed by atoms with Crippen molar-refractivity contribution in [2.24, 2.45) is 5.73 Å². The van der Waals surface area contributed by atoms with E-state index in [4.69, 9.17) is 10.5 Å². The molecule has 0 saturated heterocycles. The molecule has 0 aromatic heterocycles. The molecule has 1 aromatic carbocycles. The fourth-order valence-corrected chi connectivity index (χ4v) is 1.51. The lowest BCUT2D eigenvalue weighted by molar-refractivity contribution is 0.185. The first-order chi connectivity index (χ1) is 6.77. The van der Waals surface area contributed by atoms with Crippen molar-refractivity contribution in [3.8, 4) is 0 Å². The summed E-state index contributed by atoms with van der Waals surface area (Å²) >= 11 is 0. The molecule has 1 atom stereocenters. The highest BCUT2D eigenvalue weighted by Gasteiger charge is 2.03. The highest BCUT2D eigenvalue weighted by atomic mass is 16.5. The second kappa shape index (κ2) is 5.78. The maximum Gasteiger partial charge on any atom is 0.0713 e. The first kappa shape index (κ1) is 11.2. The zero-order valence-electron chi connectivity index (χ0n) is 8.99. The Labute approximate surface area is 86.1 Å². The van der Waals surface area contributed by atoms with E-state index in [0.29, 0.717) is 6.61 Å². The SMILES string of the molecule is CCCC(N)c1ccc(COC)cc1. The zero-order valence-corrected chi connectivity index (χ0v) is 8.99. The van der Waals surface area contributed by atoms with Crippen LogP contribution in [0.4, 0.5) is 0 Å². The molecule has 1 unspecified atom stereocenters. The highest BCUT2D eigenvalue weighted by molar-refractivity contribution is 5.24. The van der Waals surface area contributed by atoms with E-state index < -0.39 is 0 Å². The first-order valence-electron chi connectivity index (χ1n) is 5.11. The van der Waals surface area contributed by atoms with E-state index in [9.17, 15) is 0 Å². The number of methoxy groups -OCH3 is 1. The number of hydrogen-bond acceptors (Lipinski definition) is 2. The van der Waals surface area contributed by atoms with Crippen molar-refractivity contribution in [1.82, 2.24) is 0 Å². The van der Waals surface area contributed by atoms with Crippen molar-refractivity contribution in [2.45, 2.75) is 32.4 Å². The quantitative estimate of drug-likeness (QED) is 0.780. The summed E-state index contributed by atoms with van der Waals surface area (Å²) in [6.45, 7) is 2.82. The first-order valence-corrected chi connectivity index (χ1v) is 5.11. The minimum absolute atomic E-state index is 0.177. The van der Waals surface area contributed by atoms with Gasteiger partial charge in [-0.3, -0.25) is 0 Å². The second-order valence-electron chi connectivity index (χ2n) is 3.57. The largest absolute Gasteiger partial charge is 0.380 e. The van der Waals surface area contributed by atoms with Crippen LogP contribution in [0.5, 0.6) is 0 Å². The van der Waals surface area contributed by atoms with Gasteiger partial charge >= 0.3 is 0 Å². The Kier molecular flexibility index (Phi) is 4.63. The molecule has 1 aromatic rings. The van der Waals surface area contributed by atoms with Crippen molar-refractivity contribution < 1.29 is 4.74 Å². The number of hydrogen-bond donors (Lipinski definition) is 1. The van der Waals surface area contributed by atoms with Crippen molar-refractivity contribution in [1.29, 1.82) is 0 Å². The van der Waals surface area contributed by atoms with E-state index in [-0.39, 0.29) is 6.04 Å². The van der Waals surface area contributed by atoms with Gasteiger partial charge in [0.25, 0.3) is 0 Å². The Morgan fingerprint density at radius 2 is 1.93 bits per heavy atom. The third-order valence-electron chi connectivity index (χ3n) is 2.32. The maximum atomic E-state index is 6.00. The second-order valence-corrected chi connectivity index (χ2v) is 3.57. The predicted molar refractivity (Wildman–Crippen MR) is 59.0 cm³/mol. The molecule has 2 heteroatoms. The van der Waals surface area contributed by atoms with E-state index >= 15 is 0 Å². The van der Waals surface area contributed by atoms with Gasteiger partial charge in [0.05, 0.1) is 6.61 Å². The highest BCUT2D eigenvalue weighted by Crippen LogP contribution is 2.16. The van der Waals surface area contributed by atoms with Crippen molar-refractivity contribution >= 4 is 0 Å². The third kappa shape index (κ3) is 3.13. The Morgan fingerprint density at radius 1 is 1.29 bits per heavy atom. The minimum Gasteiger partial charge on any atom is -0.380 e. The molecule has 78 valence electrons. The fourth-order valence-electron chi connectivity index (χ4n) is 1.51. The summed E-state index contributed by atoms with van der Waals surface area (Å²) in [4.78, 5) is 0. The molecule has 0 aliphatic rings. The van der Waals surface area contributed by atoms with Gasteiger partial charge in [-0.1, -0.05) is 37.6 Å². The zero-order chi connectivity index (χ0) is 10.4. The van der Waals surface area contributed by atoms with Crippen molar-refractivity contribution in [3.05, 3.63) is 35.4 Å². The lowest BCUT2D eigenvalue weighted by Crippen LogP contribution is -2.09. The van der Waals surface area contributed by atoms with Crippen LogP contribution in [0.15, 0.2) is 24.3 Å². The van der Waals surface area contributed by atoms with Gasteiger partial charge < -0.3 is 10.5 Å². The molecule has 1 rings (SSSR count). The molecular formula is C12H19NO. The third-order valence-corrected chi connectivity index (χ3v) is 2.32. The van der Waals surface area contributed by atoms with Gasteiger partial charge in [0, 0.05) is 13.2 Å². The Balaban J connectivity index is 2.62. The van der Waals surface area contributed by atoms with E-state index in [1.54, 1.807) is 7.11 Å². The van der Waals surface area contributed by atoms with Gasteiger partial charge in [0.15, 0.2) is 0 Å². The molecule has 2 N–H and O–H groups in total. The van der Waals surface area contributed by atoms with Crippen LogP contribution in [0.2, 0.25) is 0 Å². The molecule has 14 heavy (non-hydrogen) atoms. The maximum absolute atomic E-state index is 6.00. The fraction of sp³-hybridized carbons (Fsp3) is 0.500. The Bertz CT molecular complexity index is 256. The molecule has 0 amide bonds. The molecule has 0 spiro atoms. The monoisotopic (exact) mass is 193 g/mol. The number of benzene rings is 1. The topological polar surface area (TPSA) is 35.2 Å². The summed E-state index contributed by atoms with van der Waals surface area (Å²) in [5, 5.41) is 0. The van der Waals surface area contributed by atoms with Crippen LogP contribution in [0.3, 0.4) is 0 Å². The minimum atomic E-state index is 0.177. The molecule has 0 radical (unpaired) electrons. The van der Waals surface area contributed by atoms with Gasteiger partial charge in [-0.2, -0.15) is 0 Å². The van der Waals surface area contributed by atoms with Crippen LogP contribution in [0, 0.1) is 0 Å². The van der Waals surface area contributed by atoms with E-state index in [1.165, 1.54) is 11.1 Å². The van der Waals surface area contributed by atoms with Crippen LogP contribution < -0.4 is 5.73 Å². The molecule has 0 aliphatic heterocycles. The van der Waals surface area contributed by atoms with Gasteiger partial charge in [0.2, 0.25) is 0 Å². The smallest absolute Gasteiger partial charge is 0.0713 e. The number of nitrogens with two attached hydrogens (primary N) is 1. The van der Waals surface area contributed by atoms with Crippen LogP contribution in [-0.4, -0.2) is 7.11 Å². The summed E-state index contributed by atoms with van der Waals surface area (Å²) in [6, 6.07) is 8.52. The van der Waals surface area contributed by atoms with Gasteiger partial charge in [-0.25, -0.2) is 0 Å². The predicted octanol–water partition coefficient (Wildman–Crippen LogP) is 2.63. The van der Waals surface area contributed by atoms with Crippen LogP contribution >= 0.6 is 0 Å². The Hall–Kier alpha value is -0.860. The molecule has 0 aliphatic carbocycles. The average Bonchev–Trinajstić information content (AvgIpc) is 2.20. The molecular weight excluding hydrogens is 174 g/mol. The summed E-state index contributed by atoms with van der Waals surface area (Å²) in [6.07, 6.45) is 2.17. The number of rotatable bonds is 5. The lowest BCUT2D eigenvalue weighted by atomic mass is 10.0. The molecule has 0 saturated carbocycles. The van der Waals surface area contributed by atoms with Crippen LogP contribution in [-0.2, 0) is 11.3 Å². The van der Waals surface area contributed by atoms with E-state index in [1.807, 2.05) is 0 Å². The molecule has 0 fully saturated rings. The average molecular weight is 193 g/mol. The Morgan fingerprint density at radius 3 is 2.43 bits per heavy atom. The molecule has 0 heterocycles. The standard InChI is InChI=1S/C12H19NO/c1-3-4-12(13)11-7-5-10(6-8-11)9-14-2/h5-8,12H,3-4,9,13H2,1-2H3. The van der Waals surface area contributed by atoms with Gasteiger partial charge in [-0.15, -0.1) is 0 Å². The van der Waals surface area contributed by atoms with Crippen molar-refractivity contribution in [3.63, 3.8) is 0 Å². The normalized spacial score (nSPS) is 12.8. The summed E-state index contributed by atoms with van der Waals surface area (Å²) in [5.41, 5.74) is 8.41. The summed E-state index contributed by atoms with van der Waals surface area (Å²) < 4.78 is 5.04. The van der Waals surface area contributed by atoms with E-state index in [2.05, 4.69) is 31.2 Å². The van der Waals surface area contributed by atoms with Crippen LogP contribution in [0.1, 0.15) is 36.9 Å². The van der Waals surface area contributed by atoms with E-state index in [0.717, 1.165) is 12.8 Å². The number of ether oxygens (including phenoxy) is 1. The molecule has 2 nitrogen and oxygen atoms in total. The van der Waals surface area contributed by atoms with Crippen molar-refractivity contribution in [2.75, 3.05) is 7.11 Å². The van der Waals surface area contributed by atoms with Gasteiger partial charge in [-0.05, 0) is 17.5 Å². The summed E-state index contributed by atoms with van der Waals surface area (Å²) in [5.74, 6) is 0. The van der Waals surface area contributed by atoms with Crippen LogP contribution in [0.25, 0.3) is 0 Å².